The first kappa shape index (κ1) is 10.8. The van der Waals surface area contributed by atoms with Crippen molar-refractivity contribution in [2.24, 2.45) is 0 Å². The van der Waals surface area contributed by atoms with Crippen LogP contribution in [0.1, 0.15) is 26.2 Å². The van der Waals surface area contributed by atoms with E-state index < -0.39 is 0 Å². The topological polar surface area (TPSA) is 24.1 Å². The van der Waals surface area contributed by atoms with Crippen LogP contribution in [-0.4, -0.2) is 12.6 Å². The highest BCUT2D eigenvalue weighted by Crippen LogP contribution is 2.29. The van der Waals surface area contributed by atoms with Crippen LogP contribution in [0.5, 0.6) is 0 Å². The molecule has 1 heterocycles. The molecule has 0 amide bonds. The number of benzene rings is 1. The highest BCUT2D eigenvalue weighted by Gasteiger charge is 2.14. The Bertz CT molecular complexity index is 338. The highest BCUT2D eigenvalue weighted by atomic mass is 79.9. The van der Waals surface area contributed by atoms with Crippen molar-refractivity contribution < 1.29 is 0 Å². The molecule has 0 fully saturated rings. The Morgan fingerprint density at radius 2 is 2.27 bits per heavy atom. The van der Waals surface area contributed by atoms with E-state index in [0.717, 1.165) is 11.0 Å². The van der Waals surface area contributed by atoms with Crippen LogP contribution in [0.3, 0.4) is 0 Å². The van der Waals surface area contributed by atoms with Gasteiger partial charge in [-0.25, -0.2) is 0 Å². The van der Waals surface area contributed by atoms with Gasteiger partial charge in [-0.1, -0.05) is 29.3 Å². The Morgan fingerprint density at radius 3 is 3.07 bits per heavy atom. The summed E-state index contributed by atoms with van der Waals surface area (Å²) >= 11 is 3.49. The molecule has 2 N–H and O–H groups in total. The molecule has 0 saturated carbocycles. The molecule has 0 aromatic heterocycles. The van der Waals surface area contributed by atoms with Crippen LogP contribution in [-0.2, 0) is 0 Å². The molecule has 82 valence electrons. The Kier molecular flexibility index (Phi) is 3.52. The number of nitrogens with one attached hydrogen (secondary N) is 2. The molecule has 15 heavy (non-hydrogen) atoms. The van der Waals surface area contributed by atoms with Gasteiger partial charge in [0.2, 0.25) is 0 Å². The summed E-state index contributed by atoms with van der Waals surface area (Å²) in [6.45, 7) is 3.30. The second-order valence-corrected chi connectivity index (χ2v) is 4.95. The van der Waals surface area contributed by atoms with Crippen molar-refractivity contribution >= 4 is 27.3 Å². The summed E-state index contributed by atoms with van der Waals surface area (Å²) in [5.41, 5.74) is 2.44. The molecular formula is C12H17BrN2. The van der Waals surface area contributed by atoms with Gasteiger partial charge in [0.1, 0.15) is 0 Å². The van der Waals surface area contributed by atoms with Crippen molar-refractivity contribution in [1.29, 1.82) is 0 Å². The first-order valence-corrected chi connectivity index (χ1v) is 6.39. The zero-order valence-corrected chi connectivity index (χ0v) is 10.6. The second-order valence-electron chi connectivity index (χ2n) is 4.04. The van der Waals surface area contributed by atoms with Gasteiger partial charge in [0, 0.05) is 17.1 Å². The standard InChI is InChI=1S/C12H17BrN2/c1-2-3-10-6-7-14-12-8-9(13)4-5-11(12)15-10/h4-5,8,10,14-15H,2-3,6-7H2,1H3. The lowest BCUT2D eigenvalue weighted by atomic mass is 10.1. The molecule has 1 unspecified atom stereocenters. The average Bonchev–Trinajstić information content (AvgIpc) is 2.40. The average molecular weight is 269 g/mol. The first-order valence-electron chi connectivity index (χ1n) is 5.59. The normalized spacial score (nSPS) is 19.7. The lowest BCUT2D eigenvalue weighted by Gasteiger charge is -2.16. The van der Waals surface area contributed by atoms with Crippen molar-refractivity contribution in [2.75, 3.05) is 17.2 Å². The predicted octanol–water partition coefficient (Wildman–Crippen LogP) is 3.85. The summed E-state index contributed by atoms with van der Waals surface area (Å²) in [5.74, 6) is 0. The minimum Gasteiger partial charge on any atom is -0.383 e. The summed E-state index contributed by atoms with van der Waals surface area (Å²) < 4.78 is 1.13. The van der Waals surface area contributed by atoms with Gasteiger partial charge in [0.15, 0.2) is 0 Å². The quantitative estimate of drug-likeness (QED) is 0.852. The van der Waals surface area contributed by atoms with Gasteiger partial charge in [-0.3, -0.25) is 0 Å². The summed E-state index contributed by atoms with van der Waals surface area (Å²) in [4.78, 5) is 0. The summed E-state index contributed by atoms with van der Waals surface area (Å²) in [6.07, 6.45) is 3.68. The van der Waals surface area contributed by atoms with Crippen LogP contribution >= 0.6 is 15.9 Å². The highest BCUT2D eigenvalue weighted by molar-refractivity contribution is 9.10. The maximum Gasteiger partial charge on any atom is 0.0587 e. The fourth-order valence-electron chi connectivity index (χ4n) is 2.03. The molecule has 1 aliphatic heterocycles. The first-order chi connectivity index (χ1) is 7.29. The number of hydrogen-bond acceptors (Lipinski definition) is 2. The molecule has 1 atom stereocenters. The molecule has 3 heteroatoms. The molecule has 0 saturated heterocycles. The molecule has 1 aromatic rings. The third-order valence-corrected chi connectivity index (χ3v) is 3.28. The fraction of sp³-hybridized carbons (Fsp3) is 0.500. The summed E-state index contributed by atoms with van der Waals surface area (Å²) in [7, 11) is 0. The van der Waals surface area contributed by atoms with E-state index in [1.807, 2.05) is 0 Å². The summed E-state index contributed by atoms with van der Waals surface area (Å²) in [5, 5.41) is 7.07. The van der Waals surface area contributed by atoms with Crippen molar-refractivity contribution in [3.05, 3.63) is 22.7 Å². The van der Waals surface area contributed by atoms with Crippen LogP contribution < -0.4 is 10.6 Å². The van der Waals surface area contributed by atoms with E-state index in [0.29, 0.717) is 6.04 Å². The smallest absolute Gasteiger partial charge is 0.0587 e. The Hall–Kier alpha value is -0.700. The van der Waals surface area contributed by atoms with Crippen LogP contribution in [0.4, 0.5) is 11.4 Å². The fourth-order valence-corrected chi connectivity index (χ4v) is 2.39. The molecule has 2 nitrogen and oxygen atoms in total. The van der Waals surface area contributed by atoms with Gasteiger partial charge in [-0.05, 0) is 31.0 Å². The van der Waals surface area contributed by atoms with Crippen LogP contribution in [0.2, 0.25) is 0 Å². The van der Waals surface area contributed by atoms with Gasteiger partial charge < -0.3 is 10.6 Å². The van der Waals surface area contributed by atoms with Crippen LogP contribution in [0.15, 0.2) is 22.7 Å². The van der Waals surface area contributed by atoms with Gasteiger partial charge >= 0.3 is 0 Å². The van der Waals surface area contributed by atoms with Gasteiger partial charge in [-0.2, -0.15) is 0 Å². The van der Waals surface area contributed by atoms with E-state index in [-0.39, 0.29) is 0 Å². The van der Waals surface area contributed by atoms with Crippen LogP contribution in [0, 0.1) is 0 Å². The number of rotatable bonds is 2. The number of anilines is 2. The van der Waals surface area contributed by atoms with Gasteiger partial charge in [0.25, 0.3) is 0 Å². The molecule has 2 rings (SSSR count). The molecule has 0 radical (unpaired) electrons. The number of hydrogen-bond donors (Lipinski definition) is 2. The largest absolute Gasteiger partial charge is 0.383 e. The predicted molar refractivity (Wildman–Crippen MR) is 69.6 cm³/mol. The monoisotopic (exact) mass is 268 g/mol. The van der Waals surface area contributed by atoms with Crippen LogP contribution in [0.25, 0.3) is 0 Å². The van der Waals surface area contributed by atoms with E-state index in [1.165, 1.54) is 30.6 Å². The Balaban J connectivity index is 2.18. The lowest BCUT2D eigenvalue weighted by Crippen LogP contribution is -2.19. The molecule has 1 aromatic carbocycles. The maximum absolute atomic E-state index is 3.60. The van der Waals surface area contributed by atoms with Crippen molar-refractivity contribution in [2.45, 2.75) is 32.2 Å². The zero-order chi connectivity index (χ0) is 10.7. The number of halogens is 1. The van der Waals surface area contributed by atoms with Crippen molar-refractivity contribution in [3.8, 4) is 0 Å². The number of fused-ring (bicyclic) bond motifs is 1. The maximum atomic E-state index is 3.60. The van der Waals surface area contributed by atoms with E-state index >= 15 is 0 Å². The SMILES string of the molecule is CCCC1CCNc2cc(Br)ccc2N1. The van der Waals surface area contributed by atoms with Crippen molar-refractivity contribution in [1.82, 2.24) is 0 Å². The second kappa shape index (κ2) is 4.88. The zero-order valence-electron chi connectivity index (χ0n) is 9.02. The minimum absolute atomic E-state index is 0.616. The van der Waals surface area contributed by atoms with Gasteiger partial charge in [0.05, 0.1) is 11.4 Å². The van der Waals surface area contributed by atoms with Crippen molar-refractivity contribution in [3.63, 3.8) is 0 Å². The third kappa shape index (κ3) is 2.65. The van der Waals surface area contributed by atoms with E-state index in [4.69, 9.17) is 0 Å². The minimum atomic E-state index is 0.616. The lowest BCUT2D eigenvalue weighted by molar-refractivity contribution is 0.615. The molecule has 0 bridgehead atoms. The molecule has 1 aliphatic rings. The van der Waals surface area contributed by atoms with E-state index in [1.54, 1.807) is 0 Å². The molecule has 0 spiro atoms. The summed E-state index contributed by atoms with van der Waals surface area (Å²) in [6, 6.07) is 6.98. The Morgan fingerprint density at radius 1 is 1.40 bits per heavy atom. The van der Waals surface area contributed by atoms with E-state index in [2.05, 4.69) is 51.7 Å². The molecular weight excluding hydrogens is 252 g/mol. The van der Waals surface area contributed by atoms with Gasteiger partial charge in [-0.15, -0.1) is 0 Å². The molecule has 0 aliphatic carbocycles. The van der Waals surface area contributed by atoms with E-state index in [9.17, 15) is 0 Å². The Labute approximate surface area is 99.6 Å². The third-order valence-electron chi connectivity index (χ3n) is 2.79.